The lowest BCUT2D eigenvalue weighted by Crippen LogP contribution is -2.23. The lowest BCUT2D eigenvalue weighted by atomic mass is 10.2. The maximum atomic E-state index is 12.0. The molecule has 0 spiro atoms. The van der Waals surface area contributed by atoms with Crippen molar-refractivity contribution in [1.82, 2.24) is 0 Å². The minimum Gasteiger partial charge on any atom is -0.345 e. The third-order valence-electron chi connectivity index (χ3n) is 3.38. The zero-order chi connectivity index (χ0) is 15.7. The van der Waals surface area contributed by atoms with E-state index in [-0.39, 0.29) is 23.7 Å². The minimum atomic E-state index is -3.71. The molecule has 21 heavy (non-hydrogen) atoms. The molecule has 1 heterocycles. The lowest BCUT2D eigenvalue weighted by Gasteiger charge is -2.16. The predicted molar refractivity (Wildman–Crippen MR) is 78.4 cm³/mol. The number of aryl methyl sites for hydroxylation is 1. The Balaban J connectivity index is 1.90. The van der Waals surface area contributed by atoms with E-state index in [1.54, 1.807) is 24.3 Å². The molecule has 2 atom stereocenters. The number of ether oxygens (including phenoxy) is 2. The van der Waals surface area contributed by atoms with Gasteiger partial charge in [0.25, 0.3) is 10.1 Å². The Hall–Kier alpha value is -0.950. The molecule has 1 saturated heterocycles. The molecular formula is C15H22O5S. The van der Waals surface area contributed by atoms with Crippen LogP contribution < -0.4 is 0 Å². The fourth-order valence-electron chi connectivity index (χ4n) is 2.35. The molecule has 0 N–H and O–H groups in total. The van der Waals surface area contributed by atoms with Crippen molar-refractivity contribution in [2.75, 3.05) is 6.61 Å². The van der Waals surface area contributed by atoms with Gasteiger partial charge in [0.15, 0.2) is 5.79 Å². The van der Waals surface area contributed by atoms with Gasteiger partial charge in [-0.15, -0.1) is 0 Å². The molecule has 0 aromatic heterocycles. The van der Waals surface area contributed by atoms with Crippen LogP contribution in [0, 0.1) is 6.92 Å². The van der Waals surface area contributed by atoms with Crippen LogP contribution in [-0.4, -0.2) is 33.0 Å². The molecule has 1 aliphatic heterocycles. The van der Waals surface area contributed by atoms with E-state index in [1.807, 2.05) is 27.7 Å². The third-order valence-corrected chi connectivity index (χ3v) is 4.71. The van der Waals surface area contributed by atoms with E-state index in [0.717, 1.165) is 5.56 Å². The van der Waals surface area contributed by atoms with E-state index < -0.39 is 15.9 Å². The number of rotatable bonds is 5. The van der Waals surface area contributed by atoms with E-state index in [2.05, 4.69) is 0 Å². The van der Waals surface area contributed by atoms with Crippen LogP contribution in [0.4, 0.5) is 0 Å². The number of benzene rings is 1. The van der Waals surface area contributed by atoms with Crippen LogP contribution in [0.1, 0.15) is 32.8 Å². The Morgan fingerprint density at radius 1 is 1.19 bits per heavy atom. The third kappa shape index (κ3) is 4.26. The minimum absolute atomic E-state index is 0.0741. The largest absolute Gasteiger partial charge is 0.345 e. The van der Waals surface area contributed by atoms with Crippen molar-refractivity contribution in [3.63, 3.8) is 0 Å². The highest BCUT2D eigenvalue weighted by Crippen LogP contribution is 2.29. The summed E-state index contributed by atoms with van der Waals surface area (Å²) in [6.07, 6.45) is 0.231. The number of hydrogen-bond donors (Lipinski definition) is 0. The van der Waals surface area contributed by atoms with E-state index >= 15 is 0 Å². The van der Waals surface area contributed by atoms with Crippen molar-refractivity contribution in [2.45, 2.75) is 57.0 Å². The predicted octanol–water partition coefficient (Wildman–Crippen LogP) is 2.63. The highest BCUT2D eigenvalue weighted by atomic mass is 32.2. The zero-order valence-electron chi connectivity index (χ0n) is 12.8. The van der Waals surface area contributed by atoms with Crippen LogP contribution in [-0.2, 0) is 23.8 Å². The summed E-state index contributed by atoms with van der Waals surface area (Å²) in [6, 6.07) is 6.58. The van der Waals surface area contributed by atoms with Crippen LogP contribution in [0.2, 0.25) is 0 Å². The molecule has 6 heteroatoms. The first kappa shape index (κ1) is 16.4. The summed E-state index contributed by atoms with van der Waals surface area (Å²) in [5.41, 5.74) is 1.00. The summed E-state index contributed by atoms with van der Waals surface area (Å²) in [5, 5.41) is 0. The van der Waals surface area contributed by atoms with Crippen LogP contribution in [0.25, 0.3) is 0 Å². The average molecular weight is 314 g/mol. The van der Waals surface area contributed by atoms with Crippen molar-refractivity contribution in [3.8, 4) is 0 Å². The summed E-state index contributed by atoms with van der Waals surface area (Å²) < 4.78 is 40.4. The van der Waals surface area contributed by atoms with Gasteiger partial charge in [-0.1, -0.05) is 17.7 Å². The summed E-state index contributed by atoms with van der Waals surface area (Å²) in [4.78, 5) is 0.171. The van der Waals surface area contributed by atoms with Crippen molar-refractivity contribution >= 4 is 10.1 Å². The number of hydrogen-bond acceptors (Lipinski definition) is 5. The van der Waals surface area contributed by atoms with Gasteiger partial charge < -0.3 is 9.47 Å². The maximum absolute atomic E-state index is 12.0. The van der Waals surface area contributed by atoms with Crippen molar-refractivity contribution < 1.29 is 22.1 Å². The molecule has 0 bridgehead atoms. The van der Waals surface area contributed by atoms with Crippen LogP contribution >= 0.6 is 0 Å². The van der Waals surface area contributed by atoms with Gasteiger partial charge in [-0.05, 0) is 39.8 Å². The fraction of sp³-hybridized carbons (Fsp3) is 0.600. The highest BCUT2D eigenvalue weighted by molar-refractivity contribution is 7.86. The SMILES string of the molecule is Cc1ccc(S(=O)(=O)OCCC2OC(C)(C)O[C@H]2C)cc1. The first-order valence-corrected chi connectivity index (χ1v) is 8.42. The quantitative estimate of drug-likeness (QED) is 0.782. The Labute approximate surface area is 126 Å². The van der Waals surface area contributed by atoms with Gasteiger partial charge in [-0.2, -0.15) is 8.42 Å². The van der Waals surface area contributed by atoms with Gasteiger partial charge in [0.1, 0.15) is 0 Å². The van der Waals surface area contributed by atoms with E-state index in [0.29, 0.717) is 6.42 Å². The lowest BCUT2D eigenvalue weighted by molar-refractivity contribution is -0.145. The van der Waals surface area contributed by atoms with E-state index in [4.69, 9.17) is 13.7 Å². The van der Waals surface area contributed by atoms with Crippen LogP contribution in [0.15, 0.2) is 29.2 Å². The Morgan fingerprint density at radius 3 is 2.33 bits per heavy atom. The second-order valence-corrected chi connectivity index (χ2v) is 7.37. The van der Waals surface area contributed by atoms with E-state index in [9.17, 15) is 8.42 Å². The summed E-state index contributed by atoms with van der Waals surface area (Å²) >= 11 is 0. The van der Waals surface area contributed by atoms with Gasteiger partial charge in [0.05, 0.1) is 23.7 Å². The van der Waals surface area contributed by atoms with Crippen molar-refractivity contribution in [2.24, 2.45) is 0 Å². The summed E-state index contributed by atoms with van der Waals surface area (Å²) in [6.45, 7) is 7.57. The first-order chi connectivity index (χ1) is 9.70. The van der Waals surface area contributed by atoms with Crippen LogP contribution in [0.3, 0.4) is 0 Å². The molecule has 0 amide bonds. The molecule has 0 saturated carbocycles. The highest BCUT2D eigenvalue weighted by Gasteiger charge is 2.38. The molecule has 1 fully saturated rings. The Bertz CT molecular complexity index is 577. The standard InChI is InChI=1S/C15H22O5S/c1-11-5-7-13(8-6-11)21(16,17)18-10-9-14-12(2)19-15(3,4)20-14/h5-8,12,14H,9-10H2,1-4H3/t12-,14?/m0/s1. The van der Waals surface area contributed by atoms with Gasteiger partial charge in [-0.25, -0.2) is 0 Å². The Morgan fingerprint density at radius 2 is 1.81 bits per heavy atom. The first-order valence-electron chi connectivity index (χ1n) is 7.01. The topological polar surface area (TPSA) is 61.8 Å². The maximum Gasteiger partial charge on any atom is 0.296 e. The molecule has 1 unspecified atom stereocenters. The second-order valence-electron chi connectivity index (χ2n) is 5.76. The monoisotopic (exact) mass is 314 g/mol. The zero-order valence-corrected chi connectivity index (χ0v) is 13.6. The average Bonchev–Trinajstić information content (AvgIpc) is 2.62. The van der Waals surface area contributed by atoms with E-state index in [1.165, 1.54) is 0 Å². The second kappa shape index (κ2) is 6.04. The van der Waals surface area contributed by atoms with Gasteiger partial charge >= 0.3 is 0 Å². The molecule has 1 aromatic carbocycles. The Kier molecular flexibility index (Phi) is 4.72. The molecule has 5 nitrogen and oxygen atoms in total. The van der Waals surface area contributed by atoms with Gasteiger partial charge in [0, 0.05) is 6.42 Å². The summed E-state index contributed by atoms with van der Waals surface area (Å²) in [7, 11) is -3.71. The van der Waals surface area contributed by atoms with Crippen LogP contribution in [0.5, 0.6) is 0 Å². The van der Waals surface area contributed by atoms with Gasteiger partial charge in [0.2, 0.25) is 0 Å². The molecule has 1 aromatic rings. The smallest absolute Gasteiger partial charge is 0.296 e. The normalized spacial score (nSPS) is 25.1. The molecule has 0 radical (unpaired) electrons. The van der Waals surface area contributed by atoms with Crippen molar-refractivity contribution in [3.05, 3.63) is 29.8 Å². The fourth-order valence-corrected chi connectivity index (χ4v) is 3.27. The molecule has 118 valence electrons. The van der Waals surface area contributed by atoms with Gasteiger partial charge in [-0.3, -0.25) is 4.18 Å². The molecule has 2 rings (SSSR count). The molecule has 1 aliphatic rings. The molecule has 0 aliphatic carbocycles. The molecular weight excluding hydrogens is 292 g/mol. The summed E-state index contributed by atoms with van der Waals surface area (Å²) in [5.74, 6) is -0.625. The van der Waals surface area contributed by atoms with Crippen molar-refractivity contribution in [1.29, 1.82) is 0 Å².